The largest absolute Gasteiger partial charge is 0.461 e. The number of nitrogens with one attached hydrogen (secondary N) is 1. The predicted molar refractivity (Wildman–Crippen MR) is 108 cm³/mol. The Bertz CT molecular complexity index is 970. The van der Waals surface area contributed by atoms with Gasteiger partial charge < -0.3 is 9.73 Å². The lowest BCUT2D eigenvalue weighted by molar-refractivity contribution is -0.120. The van der Waals surface area contributed by atoms with Crippen molar-refractivity contribution in [2.75, 3.05) is 12.4 Å². The average Bonchev–Trinajstić information content (AvgIpc) is 3.12. The van der Waals surface area contributed by atoms with Crippen LogP contribution >= 0.6 is 0 Å². The van der Waals surface area contributed by atoms with E-state index in [2.05, 4.69) is 23.4 Å². The summed E-state index contributed by atoms with van der Waals surface area (Å²) in [5.74, 6) is 0.942. The Hall–Kier alpha value is -2.60. The van der Waals surface area contributed by atoms with Crippen LogP contribution in [0.4, 0.5) is 5.69 Å². The molecule has 0 bridgehead atoms. The van der Waals surface area contributed by atoms with Crippen molar-refractivity contribution in [3.63, 3.8) is 0 Å². The third kappa shape index (κ3) is 3.62. The molecule has 0 unspecified atom stereocenters. The minimum absolute atomic E-state index is 0.0393. The summed E-state index contributed by atoms with van der Waals surface area (Å²) in [6, 6.07) is 7.77. The van der Waals surface area contributed by atoms with Crippen molar-refractivity contribution in [3.05, 3.63) is 47.0 Å². The van der Waals surface area contributed by atoms with Crippen LogP contribution in [0.1, 0.15) is 36.6 Å². The summed E-state index contributed by atoms with van der Waals surface area (Å²) in [6.07, 6.45) is 0.826. The summed E-state index contributed by atoms with van der Waals surface area (Å²) in [5, 5.41) is 8.52. The van der Waals surface area contributed by atoms with Crippen LogP contribution in [-0.2, 0) is 24.8 Å². The molecule has 6 heteroatoms. The van der Waals surface area contributed by atoms with Gasteiger partial charge in [-0.25, -0.2) is 0 Å². The van der Waals surface area contributed by atoms with Gasteiger partial charge in [-0.2, -0.15) is 5.10 Å². The topological polar surface area (TPSA) is 63.3 Å². The standard InChI is InChI=1S/C21H28N4O2/c1-7-18-17(16-10-8-9-11-19(16)27-18)12-24(5)15(4)21(26)22-20-13(2)23-25(6)14(20)3/h8-11,15H,7,12H2,1-6H3,(H,22,26)/t15-/m1/s1. The van der Waals surface area contributed by atoms with Gasteiger partial charge in [0.05, 0.1) is 23.1 Å². The fourth-order valence-corrected chi connectivity index (χ4v) is 3.38. The number of carbonyl (C=O) groups excluding carboxylic acids is 1. The molecule has 0 radical (unpaired) electrons. The highest BCUT2D eigenvalue weighted by atomic mass is 16.3. The van der Waals surface area contributed by atoms with E-state index in [1.54, 1.807) is 4.68 Å². The molecule has 1 atom stereocenters. The number of amides is 1. The zero-order valence-corrected chi connectivity index (χ0v) is 17.0. The molecule has 0 saturated carbocycles. The number of likely N-dealkylation sites (N-methyl/N-ethyl adjacent to an activating group) is 1. The normalized spacial score (nSPS) is 12.7. The number of aryl methyl sites for hydroxylation is 3. The first kappa shape index (κ1) is 19.2. The quantitative estimate of drug-likeness (QED) is 0.719. The molecule has 144 valence electrons. The summed E-state index contributed by atoms with van der Waals surface area (Å²) in [7, 11) is 3.85. The summed E-state index contributed by atoms with van der Waals surface area (Å²) in [5.41, 5.74) is 4.63. The Balaban J connectivity index is 1.78. The highest BCUT2D eigenvalue weighted by Crippen LogP contribution is 2.28. The number of aromatic nitrogens is 2. The number of fused-ring (bicyclic) bond motifs is 1. The Labute approximate surface area is 160 Å². The molecule has 0 saturated heterocycles. The van der Waals surface area contributed by atoms with Gasteiger partial charge in [-0.15, -0.1) is 0 Å². The third-order valence-corrected chi connectivity index (χ3v) is 5.31. The van der Waals surface area contributed by atoms with E-state index in [1.165, 1.54) is 0 Å². The maximum absolute atomic E-state index is 12.8. The molecule has 1 N–H and O–H groups in total. The van der Waals surface area contributed by atoms with Crippen molar-refractivity contribution in [2.24, 2.45) is 7.05 Å². The molecule has 1 amide bonds. The minimum atomic E-state index is -0.289. The van der Waals surface area contributed by atoms with Crippen molar-refractivity contribution in [2.45, 2.75) is 46.7 Å². The van der Waals surface area contributed by atoms with Crippen molar-refractivity contribution in [3.8, 4) is 0 Å². The monoisotopic (exact) mass is 368 g/mol. The number of carbonyl (C=O) groups is 1. The van der Waals surface area contributed by atoms with Crippen LogP contribution in [-0.4, -0.2) is 33.7 Å². The fourth-order valence-electron chi connectivity index (χ4n) is 3.38. The number of para-hydroxylation sites is 1. The molecule has 27 heavy (non-hydrogen) atoms. The first-order chi connectivity index (χ1) is 12.8. The van der Waals surface area contributed by atoms with Gasteiger partial charge in [-0.05, 0) is 33.9 Å². The number of hydrogen-bond acceptors (Lipinski definition) is 4. The SMILES string of the molecule is CCc1oc2ccccc2c1CN(C)[C@H](C)C(=O)Nc1c(C)nn(C)c1C. The number of rotatable bonds is 6. The van der Waals surface area contributed by atoms with E-state index < -0.39 is 0 Å². The number of furan rings is 1. The molecule has 3 rings (SSSR count). The average molecular weight is 368 g/mol. The molecule has 2 heterocycles. The van der Waals surface area contributed by atoms with Crippen LogP contribution in [0, 0.1) is 13.8 Å². The number of hydrogen-bond donors (Lipinski definition) is 1. The van der Waals surface area contributed by atoms with Gasteiger partial charge in [-0.1, -0.05) is 25.1 Å². The lowest BCUT2D eigenvalue weighted by Crippen LogP contribution is -2.39. The summed E-state index contributed by atoms with van der Waals surface area (Å²) in [4.78, 5) is 14.8. The maximum atomic E-state index is 12.8. The number of anilines is 1. The zero-order valence-electron chi connectivity index (χ0n) is 17.0. The lowest BCUT2D eigenvalue weighted by Gasteiger charge is -2.24. The maximum Gasteiger partial charge on any atom is 0.241 e. The molecule has 0 fully saturated rings. The van der Waals surface area contributed by atoms with E-state index in [9.17, 15) is 4.79 Å². The van der Waals surface area contributed by atoms with E-state index in [0.29, 0.717) is 6.54 Å². The molecular formula is C21H28N4O2. The third-order valence-electron chi connectivity index (χ3n) is 5.31. The molecule has 6 nitrogen and oxygen atoms in total. The van der Waals surface area contributed by atoms with E-state index in [4.69, 9.17) is 4.42 Å². The molecule has 0 aliphatic carbocycles. The van der Waals surface area contributed by atoms with Gasteiger partial charge >= 0.3 is 0 Å². The van der Waals surface area contributed by atoms with Gasteiger partial charge in [0.1, 0.15) is 11.3 Å². The molecule has 0 spiro atoms. The van der Waals surface area contributed by atoms with Crippen LogP contribution in [0.15, 0.2) is 28.7 Å². The number of benzene rings is 1. The highest BCUT2D eigenvalue weighted by Gasteiger charge is 2.23. The van der Waals surface area contributed by atoms with E-state index in [-0.39, 0.29) is 11.9 Å². The van der Waals surface area contributed by atoms with E-state index >= 15 is 0 Å². The van der Waals surface area contributed by atoms with Crippen molar-refractivity contribution < 1.29 is 9.21 Å². The van der Waals surface area contributed by atoms with E-state index in [0.717, 1.165) is 45.8 Å². The van der Waals surface area contributed by atoms with Crippen LogP contribution in [0.3, 0.4) is 0 Å². The van der Waals surface area contributed by atoms with Gasteiger partial charge in [-0.3, -0.25) is 14.4 Å². The van der Waals surface area contributed by atoms with Gasteiger partial charge in [0, 0.05) is 31.0 Å². The zero-order chi connectivity index (χ0) is 19.7. The van der Waals surface area contributed by atoms with Crippen LogP contribution < -0.4 is 5.32 Å². The van der Waals surface area contributed by atoms with E-state index in [1.807, 2.05) is 58.0 Å². The van der Waals surface area contributed by atoms with Crippen LogP contribution in [0.2, 0.25) is 0 Å². The van der Waals surface area contributed by atoms with Crippen LogP contribution in [0.5, 0.6) is 0 Å². The second kappa shape index (κ2) is 7.56. The summed E-state index contributed by atoms with van der Waals surface area (Å²) in [6.45, 7) is 8.52. The summed E-state index contributed by atoms with van der Waals surface area (Å²) >= 11 is 0. The Morgan fingerprint density at radius 3 is 2.67 bits per heavy atom. The van der Waals surface area contributed by atoms with Gasteiger partial charge in [0.15, 0.2) is 0 Å². The minimum Gasteiger partial charge on any atom is -0.461 e. The second-order valence-corrected chi connectivity index (χ2v) is 7.10. The predicted octanol–water partition coefficient (Wildman–Crippen LogP) is 3.80. The molecule has 2 aromatic heterocycles. The fraction of sp³-hybridized carbons (Fsp3) is 0.429. The Kier molecular flexibility index (Phi) is 5.37. The second-order valence-electron chi connectivity index (χ2n) is 7.10. The van der Waals surface area contributed by atoms with Crippen molar-refractivity contribution in [1.29, 1.82) is 0 Å². The van der Waals surface area contributed by atoms with Gasteiger partial charge in [0.2, 0.25) is 5.91 Å². The molecule has 1 aromatic carbocycles. The Morgan fingerprint density at radius 1 is 1.33 bits per heavy atom. The van der Waals surface area contributed by atoms with Crippen molar-refractivity contribution >= 4 is 22.6 Å². The smallest absolute Gasteiger partial charge is 0.241 e. The molecule has 0 aliphatic rings. The first-order valence-corrected chi connectivity index (χ1v) is 9.34. The Morgan fingerprint density at radius 2 is 2.04 bits per heavy atom. The molecule has 0 aliphatic heterocycles. The highest BCUT2D eigenvalue weighted by molar-refractivity contribution is 5.95. The van der Waals surface area contributed by atoms with Crippen molar-refractivity contribution in [1.82, 2.24) is 14.7 Å². The summed E-state index contributed by atoms with van der Waals surface area (Å²) < 4.78 is 7.76. The lowest BCUT2D eigenvalue weighted by atomic mass is 10.1. The number of nitrogens with zero attached hydrogens (tertiary/aromatic N) is 3. The van der Waals surface area contributed by atoms with Crippen LogP contribution in [0.25, 0.3) is 11.0 Å². The molecule has 3 aromatic rings. The van der Waals surface area contributed by atoms with Gasteiger partial charge in [0.25, 0.3) is 0 Å². The molecular weight excluding hydrogens is 340 g/mol. The first-order valence-electron chi connectivity index (χ1n) is 9.34.